The lowest BCUT2D eigenvalue weighted by molar-refractivity contribution is -0.172. The summed E-state index contributed by atoms with van der Waals surface area (Å²) in [6.07, 6.45) is -3.32. The van der Waals surface area contributed by atoms with Gasteiger partial charge in [0.25, 0.3) is 11.8 Å². The molecule has 206 valence electrons. The van der Waals surface area contributed by atoms with E-state index in [0.29, 0.717) is 16.7 Å². The first-order valence-electron chi connectivity index (χ1n) is 11.5. The first-order chi connectivity index (χ1) is 16.3. The minimum atomic E-state index is -3.18. The highest BCUT2D eigenvalue weighted by molar-refractivity contribution is 6.27. The van der Waals surface area contributed by atoms with E-state index in [0.717, 1.165) is 27.9 Å². The highest BCUT2D eigenvalue weighted by atomic mass is 16.4. The molecule has 0 rings (SSSR count). The van der Waals surface area contributed by atoms with E-state index in [9.17, 15) is 49.2 Å². The Balaban J connectivity index is 7.67. The van der Waals surface area contributed by atoms with E-state index in [2.05, 4.69) is 5.32 Å². The van der Waals surface area contributed by atoms with Crippen LogP contribution < -0.4 is 5.32 Å². The maximum atomic E-state index is 14.4. The summed E-state index contributed by atoms with van der Waals surface area (Å²) >= 11 is 0. The molecule has 0 aliphatic rings. The molecule has 5 N–H and O–H groups in total. The van der Waals surface area contributed by atoms with Gasteiger partial charge in [-0.1, -0.05) is 20.3 Å². The summed E-state index contributed by atoms with van der Waals surface area (Å²) < 4.78 is 0. The molecule has 0 aliphatic heterocycles. The monoisotopic (exact) mass is 517 g/mol. The van der Waals surface area contributed by atoms with Crippen LogP contribution >= 0.6 is 0 Å². The predicted molar refractivity (Wildman–Crippen MR) is 127 cm³/mol. The van der Waals surface area contributed by atoms with Gasteiger partial charge in [-0.15, -0.1) is 0 Å². The Kier molecular flexibility index (Phi) is 11.5. The molecule has 0 saturated heterocycles. The average Bonchev–Trinajstić information content (AvgIpc) is 2.81. The van der Waals surface area contributed by atoms with Crippen molar-refractivity contribution in [3.63, 3.8) is 0 Å². The van der Waals surface area contributed by atoms with Gasteiger partial charge in [-0.3, -0.25) is 24.0 Å². The van der Waals surface area contributed by atoms with Crippen molar-refractivity contribution in [3.8, 4) is 0 Å². The fraction of sp³-hybridized carbons (Fsp3) is 0.739. The molecule has 0 aliphatic carbocycles. The van der Waals surface area contributed by atoms with Crippen LogP contribution in [0, 0.1) is 5.92 Å². The van der Waals surface area contributed by atoms with Crippen LogP contribution in [-0.2, 0) is 28.8 Å². The van der Waals surface area contributed by atoms with Gasteiger partial charge in [0.2, 0.25) is 11.4 Å². The van der Waals surface area contributed by atoms with Gasteiger partial charge in [0, 0.05) is 14.1 Å². The molecule has 13 nitrogen and oxygen atoms in total. The van der Waals surface area contributed by atoms with E-state index in [1.807, 2.05) is 0 Å². The van der Waals surface area contributed by atoms with Crippen molar-refractivity contribution >= 4 is 35.1 Å². The first-order valence-corrected chi connectivity index (χ1v) is 11.5. The lowest BCUT2D eigenvalue weighted by Gasteiger charge is -2.47. The zero-order valence-electron chi connectivity index (χ0n) is 22.2. The molecule has 2 amide bonds. The highest BCUT2D eigenvalue weighted by Crippen LogP contribution is 2.34. The largest absolute Gasteiger partial charge is 0.479 e. The Morgan fingerprint density at radius 3 is 1.64 bits per heavy atom. The number of carbonyl (C=O) groups is 6. The number of aliphatic hydroxyl groups excluding tert-OH is 2. The van der Waals surface area contributed by atoms with Crippen molar-refractivity contribution in [1.29, 1.82) is 0 Å². The Bertz CT molecular complexity index is 885. The van der Waals surface area contributed by atoms with Crippen molar-refractivity contribution in [2.24, 2.45) is 5.92 Å². The fourth-order valence-electron chi connectivity index (χ4n) is 3.95. The molecular weight excluding hydrogens is 478 g/mol. The lowest BCUT2D eigenvalue weighted by Crippen LogP contribution is -2.73. The van der Waals surface area contributed by atoms with Crippen molar-refractivity contribution in [2.75, 3.05) is 21.1 Å². The van der Waals surface area contributed by atoms with Crippen LogP contribution in [0.2, 0.25) is 0 Å². The molecule has 13 heteroatoms. The maximum Gasteiger partial charge on any atom is 0.343 e. The molecule has 0 aromatic heterocycles. The number of likely N-dealkylation sites (N-methyl/N-ethyl adjacent to an activating group) is 3. The minimum absolute atomic E-state index is 0.0929. The standard InChI is InChI=1S/C23H39N3O10/c1-10-11(2)23(16(29)12(3)24-7,26(9)20(33)14(5)28)18(31)15(25(8)19(32)13(4)27)17(30)22(6,36)21(34)35/h11-15,24,27-28,36H,10H2,1-9H3,(H,34,35)/t11-,12-,13+,14+,15?,22-,23+/m0/s1. The van der Waals surface area contributed by atoms with Crippen LogP contribution in [0.15, 0.2) is 0 Å². The number of nitrogens with one attached hydrogen (secondary N) is 1. The molecule has 0 saturated carbocycles. The van der Waals surface area contributed by atoms with E-state index in [1.54, 1.807) is 6.92 Å². The van der Waals surface area contributed by atoms with E-state index >= 15 is 0 Å². The van der Waals surface area contributed by atoms with Crippen LogP contribution in [0.1, 0.15) is 48.0 Å². The van der Waals surface area contributed by atoms with Gasteiger partial charge in [-0.25, -0.2) is 4.79 Å². The van der Waals surface area contributed by atoms with Crippen LogP contribution in [0.4, 0.5) is 0 Å². The third-order valence-electron chi connectivity index (χ3n) is 6.61. The van der Waals surface area contributed by atoms with Gasteiger partial charge in [0.05, 0.1) is 6.04 Å². The molecule has 0 fully saturated rings. The fourth-order valence-corrected chi connectivity index (χ4v) is 3.95. The number of carbonyl (C=O) groups excluding carboxylic acids is 5. The highest BCUT2D eigenvalue weighted by Gasteiger charge is 2.61. The van der Waals surface area contributed by atoms with Crippen molar-refractivity contribution < 1.29 is 49.2 Å². The molecule has 36 heavy (non-hydrogen) atoms. The number of Topliss-reactive ketones (excluding diaryl/α,β-unsaturated/α-hetero) is 3. The summed E-state index contributed by atoms with van der Waals surface area (Å²) in [5.41, 5.74) is -5.67. The number of nitrogens with zero attached hydrogens (tertiary/aromatic N) is 2. The zero-order chi connectivity index (χ0) is 28.9. The Labute approximate surface area is 210 Å². The molecule has 0 radical (unpaired) electrons. The van der Waals surface area contributed by atoms with Crippen LogP contribution in [0.25, 0.3) is 0 Å². The number of aliphatic hydroxyl groups is 3. The SMILES string of the molecule is CC[C@H](C)[C@](C(=O)C(C(=O)[C@](C)(O)C(=O)O)N(C)C(=O)[C@@H](C)O)(C(=O)[C@H](C)NC)N(C)C(=O)[C@@H](C)O. The Morgan fingerprint density at radius 2 is 1.31 bits per heavy atom. The lowest BCUT2D eigenvalue weighted by atomic mass is 9.69. The van der Waals surface area contributed by atoms with Crippen molar-refractivity contribution in [1.82, 2.24) is 15.1 Å². The number of rotatable bonds is 14. The van der Waals surface area contributed by atoms with E-state index in [-0.39, 0.29) is 6.42 Å². The van der Waals surface area contributed by atoms with Gasteiger partial charge in [0.15, 0.2) is 23.1 Å². The van der Waals surface area contributed by atoms with Gasteiger partial charge in [0.1, 0.15) is 12.2 Å². The average molecular weight is 518 g/mol. The van der Waals surface area contributed by atoms with E-state index in [4.69, 9.17) is 0 Å². The maximum absolute atomic E-state index is 14.4. The summed E-state index contributed by atoms with van der Waals surface area (Å²) in [6, 6.07) is -3.48. The smallest absolute Gasteiger partial charge is 0.343 e. The van der Waals surface area contributed by atoms with Crippen LogP contribution in [0.5, 0.6) is 0 Å². The van der Waals surface area contributed by atoms with Crippen LogP contribution in [-0.4, -0.2) is 122 Å². The number of hydrogen-bond donors (Lipinski definition) is 5. The van der Waals surface area contributed by atoms with Gasteiger partial charge < -0.3 is 35.5 Å². The number of ketones is 3. The molecule has 0 aromatic carbocycles. The number of amides is 2. The molecular formula is C23H39N3O10. The third kappa shape index (κ3) is 5.97. The number of aliphatic carboxylic acids is 1. The van der Waals surface area contributed by atoms with Gasteiger partial charge >= 0.3 is 5.97 Å². The van der Waals surface area contributed by atoms with E-state index < -0.39 is 76.5 Å². The van der Waals surface area contributed by atoms with Crippen LogP contribution in [0.3, 0.4) is 0 Å². The minimum Gasteiger partial charge on any atom is -0.479 e. The van der Waals surface area contributed by atoms with E-state index in [1.165, 1.54) is 20.9 Å². The predicted octanol–water partition coefficient (Wildman–Crippen LogP) is -2.03. The quantitative estimate of drug-likeness (QED) is 0.159. The van der Waals surface area contributed by atoms with Crippen molar-refractivity contribution in [2.45, 2.75) is 83.4 Å². The summed E-state index contributed by atoms with van der Waals surface area (Å²) in [5, 5.41) is 42.3. The molecule has 0 bridgehead atoms. The normalized spacial score (nSPS) is 18.9. The third-order valence-corrected chi connectivity index (χ3v) is 6.61. The second kappa shape index (κ2) is 12.5. The Hall–Kier alpha value is -2.74. The number of hydrogen-bond acceptors (Lipinski definition) is 10. The summed E-state index contributed by atoms with van der Waals surface area (Å²) in [7, 11) is 3.41. The molecule has 0 heterocycles. The van der Waals surface area contributed by atoms with Gasteiger partial charge in [-0.2, -0.15) is 0 Å². The first kappa shape index (κ1) is 33.3. The molecule has 0 aromatic rings. The van der Waals surface area contributed by atoms with Gasteiger partial charge in [-0.05, 0) is 40.7 Å². The molecule has 7 atom stereocenters. The zero-order valence-corrected chi connectivity index (χ0v) is 22.2. The summed E-state index contributed by atoms with van der Waals surface area (Å²) in [6.45, 7) is 7.18. The van der Waals surface area contributed by atoms with Crippen molar-refractivity contribution in [3.05, 3.63) is 0 Å². The second-order valence-corrected chi connectivity index (χ2v) is 9.16. The topological polar surface area (TPSA) is 202 Å². The molecule has 0 spiro atoms. The number of carboxylic acids is 1. The summed E-state index contributed by atoms with van der Waals surface area (Å²) in [5.74, 6) is -9.20. The number of carboxylic acid groups (broad SMARTS) is 1. The second-order valence-electron chi connectivity index (χ2n) is 9.16. The Morgan fingerprint density at radius 1 is 0.861 bits per heavy atom. The molecule has 1 unspecified atom stereocenters. The summed E-state index contributed by atoms with van der Waals surface area (Å²) in [4.78, 5) is 79.9.